The highest BCUT2D eigenvalue weighted by atomic mass is 35.5. The summed E-state index contributed by atoms with van der Waals surface area (Å²) < 4.78 is 18.6. The first-order chi connectivity index (χ1) is 11.6. The van der Waals surface area contributed by atoms with Gasteiger partial charge in [0.15, 0.2) is 12.1 Å². The first kappa shape index (κ1) is 19.1. The molecular weight excluding hydrogens is 369 g/mol. The summed E-state index contributed by atoms with van der Waals surface area (Å²) in [4.78, 5) is 36.0. The van der Waals surface area contributed by atoms with Gasteiger partial charge in [0.2, 0.25) is 0 Å². The van der Waals surface area contributed by atoms with Crippen molar-refractivity contribution in [2.45, 2.75) is 26.4 Å². The molecule has 0 unspecified atom stereocenters. The predicted molar refractivity (Wildman–Crippen MR) is 94.4 cm³/mol. The van der Waals surface area contributed by atoms with Gasteiger partial charge in [0.25, 0.3) is 0 Å². The van der Waals surface area contributed by atoms with Crippen LogP contribution in [0, 0.1) is 5.82 Å². The first-order valence-electron chi connectivity index (χ1n) is 7.19. The Morgan fingerprint density at radius 2 is 1.96 bits per heavy atom. The molecule has 0 aliphatic carbocycles. The smallest absolute Gasteiger partial charge is 0.412 e. The zero-order valence-electron chi connectivity index (χ0n) is 13.7. The Bertz CT molecular complexity index is 842. The van der Waals surface area contributed by atoms with Crippen molar-refractivity contribution in [3.8, 4) is 0 Å². The number of nitrogens with one attached hydrogen (secondary N) is 1. The largest absolute Gasteiger partial charge is 0.444 e. The molecular formula is C17H15ClFNO4S. The Kier molecular flexibility index (Phi) is 5.59. The molecule has 0 atom stereocenters. The van der Waals surface area contributed by atoms with Crippen LogP contribution in [0.5, 0.6) is 0 Å². The number of ketones is 1. The van der Waals surface area contributed by atoms with Gasteiger partial charge in [-0.15, -0.1) is 11.3 Å². The molecule has 25 heavy (non-hydrogen) atoms. The average Bonchev–Trinajstić information content (AvgIpc) is 2.89. The molecule has 0 spiro atoms. The molecule has 0 radical (unpaired) electrons. The van der Waals surface area contributed by atoms with Crippen LogP contribution in [0.1, 0.15) is 46.4 Å². The Labute approximate surface area is 152 Å². The minimum atomic E-state index is -0.812. The molecule has 1 N–H and O–H groups in total. The number of benzene rings is 1. The van der Waals surface area contributed by atoms with Crippen LogP contribution in [0.4, 0.5) is 14.9 Å². The third-order valence-electron chi connectivity index (χ3n) is 2.97. The van der Waals surface area contributed by atoms with Crippen LogP contribution in [-0.4, -0.2) is 23.8 Å². The summed E-state index contributed by atoms with van der Waals surface area (Å²) in [6, 6.07) is 3.39. The summed E-state index contributed by atoms with van der Waals surface area (Å²) in [5, 5.41) is 3.88. The quantitative estimate of drug-likeness (QED) is 0.600. The number of anilines is 1. The zero-order valence-corrected chi connectivity index (χ0v) is 15.3. The SMILES string of the molecule is CC(C)(C)OC(=O)Nc1c(C(=O)c2cc(F)ccc2Cl)csc1C=O. The van der Waals surface area contributed by atoms with E-state index in [9.17, 15) is 18.8 Å². The first-order valence-corrected chi connectivity index (χ1v) is 8.44. The van der Waals surface area contributed by atoms with Crippen molar-refractivity contribution in [1.29, 1.82) is 0 Å². The lowest BCUT2D eigenvalue weighted by atomic mass is 10.0. The van der Waals surface area contributed by atoms with Crippen LogP contribution >= 0.6 is 22.9 Å². The number of halogens is 2. The lowest BCUT2D eigenvalue weighted by molar-refractivity contribution is 0.0636. The molecule has 0 saturated heterocycles. The van der Waals surface area contributed by atoms with E-state index in [-0.39, 0.29) is 26.7 Å². The number of carbonyl (C=O) groups is 3. The van der Waals surface area contributed by atoms with Gasteiger partial charge < -0.3 is 4.74 Å². The molecule has 1 aromatic carbocycles. The lowest BCUT2D eigenvalue weighted by Gasteiger charge is -2.20. The number of rotatable bonds is 4. The number of amides is 1. The van der Waals surface area contributed by atoms with Crippen LogP contribution in [0.3, 0.4) is 0 Å². The van der Waals surface area contributed by atoms with Gasteiger partial charge in [0.05, 0.1) is 21.2 Å². The minimum absolute atomic E-state index is 0.0135. The van der Waals surface area contributed by atoms with Crippen LogP contribution < -0.4 is 5.32 Å². The highest BCUT2D eigenvalue weighted by Gasteiger charge is 2.24. The molecule has 1 aromatic heterocycles. The third-order valence-corrected chi connectivity index (χ3v) is 4.21. The zero-order chi connectivity index (χ0) is 18.8. The maximum Gasteiger partial charge on any atom is 0.412 e. The van der Waals surface area contributed by atoms with Crippen molar-refractivity contribution in [1.82, 2.24) is 0 Å². The summed E-state index contributed by atoms with van der Waals surface area (Å²) in [7, 11) is 0. The molecule has 5 nitrogen and oxygen atoms in total. The van der Waals surface area contributed by atoms with Crippen LogP contribution in [0.2, 0.25) is 5.02 Å². The lowest BCUT2D eigenvalue weighted by Crippen LogP contribution is -2.27. The molecule has 8 heteroatoms. The van der Waals surface area contributed by atoms with E-state index < -0.39 is 23.3 Å². The van der Waals surface area contributed by atoms with E-state index in [4.69, 9.17) is 16.3 Å². The van der Waals surface area contributed by atoms with E-state index >= 15 is 0 Å². The maximum atomic E-state index is 13.4. The number of thiophene rings is 1. The molecule has 2 aromatic rings. The second-order valence-electron chi connectivity index (χ2n) is 6.09. The molecule has 0 aliphatic heterocycles. The summed E-state index contributed by atoms with van der Waals surface area (Å²) in [6.45, 7) is 5.04. The molecule has 0 fully saturated rings. The summed E-state index contributed by atoms with van der Waals surface area (Å²) in [5.41, 5.74) is -0.772. The Balaban J connectivity index is 2.41. The highest BCUT2D eigenvalue weighted by molar-refractivity contribution is 7.12. The Morgan fingerprint density at radius 3 is 2.56 bits per heavy atom. The van der Waals surface area contributed by atoms with E-state index in [1.165, 1.54) is 11.4 Å². The molecule has 1 amide bonds. The molecule has 0 saturated carbocycles. The number of carbonyl (C=O) groups excluding carboxylic acids is 3. The van der Waals surface area contributed by atoms with Crippen LogP contribution in [0.15, 0.2) is 23.6 Å². The van der Waals surface area contributed by atoms with Gasteiger partial charge in [-0.3, -0.25) is 14.9 Å². The highest BCUT2D eigenvalue weighted by Crippen LogP contribution is 2.31. The van der Waals surface area contributed by atoms with Gasteiger partial charge in [-0.2, -0.15) is 0 Å². The molecule has 2 rings (SSSR count). The topological polar surface area (TPSA) is 72.5 Å². The van der Waals surface area contributed by atoms with Crippen molar-refractivity contribution < 1.29 is 23.5 Å². The van der Waals surface area contributed by atoms with E-state index in [1.807, 2.05) is 0 Å². The average molecular weight is 384 g/mol. The Morgan fingerprint density at radius 1 is 1.28 bits per heavy atom. The van der Waals surface area contributed by atoms with E-state index in [0.29, 0.717) is 6.29 Å². The third kappa shape index (κ3) is 4.64. The maximum absolute atomic E-state index is 13.4. The van der Waals surface area contributed by atoms with E-state index in [0.717, 1.165) is 23.5 Å². The van der Waals surface area contributed by atoms with Crippen LogP contribution in [-0.2, 0) is 4.74 Å². The van der Waals surface area contributed by atoms with Gasteiger partial charge >= 0.3 is 6.09 Å². The van der Waals surface area contributed by atoms with Crippen LogP contribution in [0.25, 0.3) is 0 Å². The van der Waals surface area contributed by atoms with Gasteiger partial charge in [-0.05, 0) is 39.0 Å². The summed E-state index contributed by atoms with van der Waals surface area (Å²) in [5.74, 6) is -1.24. The molecule has 132 valence electrons. The predicted octanol–water partition coefficient (Wildman–Crippen LogP) is 4.93. The minimum Gasteiger partial charge on any atom is -0.444 e. The van der Waals surface area contributed by atoms with Crippen molar-refractivity contribution >= 4 is 46.8 Å². The number of ether oxygens (including phenoxy) is 1. The number of hydrogen-bond acceptors (Lipinski definition) is 5. The number of hydrogen-bond donors (Lipinski definition) is 1. The Hall–Kier alpha value is -2.25. The standard InChI is InChI=1S/C17H15ClFNO4S/c1-17(2,3)24-16(23)20-14-11(8-25-13(14)7-21)15(22)10-6-9(19)4-5-12(10)18/h4-8H,1-3H3,(H,20,23). The van der Waals surface area contributed by atoms with Gasteiger partial charge in [-0.25, -0.2) is 9.18 Å². The summed E-state index contributed by atoms with van der Waals surface area (Å²) >= 11 is 6.93. The van der Waals surface area contributed by atoms with Gasteiger partial charge in [0.1, 0.15) is 11.4 Å². The number of aldehydes is 1. The normalized spacial score (nSPS) is 11.1. The fourth-order valence-corrected chi connectivity index (χ4v) is 2.99. The molecule has 0 aliphatic rings. The van der Waals surface area contributed by atoms with Crippen molar-refractivity contribution in [3.05, 3.63) is 50.4 Å². The molecule has 1 heterocycles. The summed E-state index contributed by atoms with van der Waals surface area (Å²) in [6.07, 6.45) is -0.296. The second kappa shape index (κ2) is 7.33. The van der Waals surface area contributed by atoms with Crippen molar-refractivity contribution in [2.75, 3.05) is 5.32 Å². The van der Waals surface area contributed by atoms with Gasteiger partial charge in [-0.1, -0.05) is 11.6 Å². The van der Waals surface area contributed by atoms with E-state index in [1.54, 1.807) is 20.8 Å². The van der Waals surface area contributed by atoms with Crippen molar-refractivity contribution in [2.24, 2.45) is 0 Å². The second-order valence-corrected chi connectivity index (χ2v) is 7.41. The monoisotopic (exact) mass is 383 g/mol. The molecule has 0 bridgehead atoms. The van der Waals surface area contributed by atoms with E-state index in [2.05, 4.69) is 5.32 Å². The fraction of sp³-hybridized carbons (Fsp3) is 0.235. The fourth-order valence-electron chi connectivity index (χ4n) is 1.98. The van der Waals surface area contributed by atoms with Crippen molar-refractivity contribution in [3.63, 3.8) is 0 Å². The van der Waals surface area contributed by atoms with Gasteiger partial charge in [0, 0.05) is 10.9 Å².